The van der Waals surface area contributed by atoms with Crippen molar-refractivity contribution < 1.29 is 34.2 Å². The van der Waals surface area contributed by atoms with Gasteiger partial charge in [-0.1, -0.05) is 32.4 Å². The predicted molar refractivity (Wildman–Crippen MR) is 129 cm³/mol. The summed E-state index contributed by atoms with van der Waals surface area (Å²) in [6.45, 7) is 3.86. The second-order valence-electron chi connectivity index (χ2n) is 9.11. The molecule has 8 N–H and O–H groups in total. The lowest BCUT2D eigenvalue weighted by atomic mass is 9.96. The lowest BCUT2D eigenvalue weighted by Gasteiger charge is -2.30. The number of carbonyl (C=O) groups is 5. The maximum Gasteiger partial charge on any atom is 0.326 e. The van der Waals surface area contributed by atoms with Crippen molar-refractivity contribution in [2.24, 2.45) is 17.4 Å². The van der Waals surface area contributed by atoms with Crippen LogP contribution < -0.4 is 22.1 Å². The SMILES string of the molecule is CCC(C)C(NC(=O)C1CCCN1C(=O)C(N)CC(N)=O)C(=O)NC(Cc1ccc(O)cc1)C(=O)O. The Bertz CT molecular complexity index is 968. The Kier molecular flexibility index (Phi) is 10.2. The van der Waals surface area contributed by atoms with Crippen LogP contribution in [0, 0.1) is 5.92 Å². The number of hydrogen-bond acceptors (Lipinski definition) is 7. The van der Waals surface area contributed by atoms with Gasteiger partial charge in [-0.2, -0.15) is 0 Å². The molecule has 2 rings (SSSR count). The third-order valence-electron chi connectivity index (χ3n) is 6.36. The fourth-order valence-electron chi connectivity index (χ4n) is 4.10. The van der Waals surface area contributed by atoms with Gasteiger partial charge in [0.1, 0.15) is 23.9 Å². The number of rotatable bonds is 12. The van der Waals surface area contributed by atoms with Gasteiger partial charge in [0.05, 0.1) is 12.5 Å². The zero-order chi connectivity index (χ0) is 27.0. The Labute approximate surface area is 209 Å². The van der Waals surface area contributed by atoms with Gasteiger partial charge in [-0.15, -0.1) is 0 Å². The highest BCUT2D eigenvalue weighted by molar-refractivity contribution is 5.95. The number of carbonyl (C=O) groups excluding carboxylic acids is 4. The molecule has 0 aliphatic carbocycles. The number of benzene rings is 1. The summed E-state index contributed by atoms with van der Waals surface area (Å²) in [4.78, 5) is 63.2. The first-order valence-electron chi connectivity index (χ1n) is 11.9. The van der Waals surface area contributed by atoms with Gasteiger partial charge >= 0.3 is 5.97 Å². The van der Waals surface area contributed by atoms with Gasteiger partial charge in [0, 0.05) is 13.0 Å². The van der Waals surface area contributed by atoms with Crippen molar-refractivity contribution in [1.82, 2.24) is 15.5 Å². The van der Waals surface area contributed by atoms with Gasteiger partial charge in [0.25, 0.3) is 0 Å². The highest BCUT2D eigenvalue weighted by Gasteiger charge is 2.39. The van der Waals surface area contributed by atoms with Crippen LogP contribution in [0.2, 0.25) is 0 Å². The minimum Gasteiger partial charge on any atom is -0.508 e. The standard InChI is InChI=1S/C24H35N5O7/c1-3-13(2)20(22(33)27-17(24(35)36)11-14-6-8-15(30)9-7-14)28-21(32)18-5-4-10-29(18)23(34)16(25)12-19(26)31/h6-9,13,16-18,20,30H,3-5,10-12,25H2,1-2H3,(H2,26,31)(H,27,33)(H,28,32)(H,35,36). The lowest BCUT2D eigenvalue weighted by molar-refractivity contribution is -0.143. The number of aliphatic carboxylic acids is 1. The van der Waals surface area contributed by atoms with Crippen LogP contribution in [0.1, 0.15) is 45.1 Å². The molecule has 5 atom stereocenters. The molecule has 36 heavy (non-hydrogen) atoms. The summed E-state index contributed by atoms with van der Waals surface area (Å²) in [6, 6.07) is 1.61. The highest BCUT2D eigenvalue weighted by atomic mass is 16.4. The first-order valence-corrected chi connectivity index (χ1v) is 11.9. The molecule has 0 saturated carbocycles. The third-order valence-corrected chi connectivity index (χ3v) is 6.36. The number of likely N-dealkylation sites (tertiary alicyclic amines) is 1. The Hall–Kier alpha value is -3.67. The van der Waals surface area contributed by atoms with Crippen LogP contribution >= 0.6 is 0 Å². The molecule has 0 radical (unpaired) electrons. The molecule has 1 aromatic carbocycles. The van der Waals surface area contributed by atoms with E-state index in [-0.39, 0.29) is 31.1 Å². The van der Waals surface area contributed by atoms with E-state index in [2.05, 4.69) is 10.6 Å². The van der Waals surface area contributed by atoms with E-state index in [0.29, 0.717) is 24.8 Å². The minimum atomic E-state index is -1.26. The van der Waals surface area contributed by atoms with Crippen molar-refractivity contribution in [2.75, 3.05) is 6.54 Å². The summed E-state index contributed by atoms with van der Waals surface area (Å²) < 4.78 is 0. The molecule has 12 nitrogen and oxygen atoms in total. The van der Waals surface area contributed by atoms with Gasteiger partial charge in [-0.25, -0.2) is 4.79 Å². The number of phenols is 1. The van der Waals surface area contributed by atoms with E-state index < -0.39 is 53.8 Å². The monoisotopic (exact) mass is 505 g/mol. The summed E-state index contributed by atoms with van der Waals surface area (Å²) in [5.74, 6) is -4.07. The zero-order valence-corrected chi connectivity index (χ0v) is 20.5. The molecule has 1 fully saturated rings. The number of nitrogens with zero attached hydrogens (tertiary/aromatic N) is 1. The molecule has 1 saturated heterocycles. The van der Waals surface area contributed by atoms with Crippen molar-refractivity contribution in [3.8, 4) is 5.75 Å². The second-order valence-corrected chi connectivity index (χ2v) is 9.11. The Morgan fingerprint density at radius 2 is 1.78 bits per heavy atom. The van der Waals surface area contributed by atoms with Crippen LogP contribution in [-0.2, 0) is 30.4 Å². The van der Waals surface area contributed by atoms with Crippen LogP contribution in [-0.4, -0.2) is 75.4 Å². The smallest absolute Gasteiger partial charge is 0.326 e. The average molecular weight is 506 g/mol. The van der Waals surface area contributed by atoms with E-state index in [1.807, 2.05) is 6.92 Å². The molecule has 5 unspecified atom stereocenters. The number of aromatic hydroxyl groups is 1. The molecule has 0 bridgehead atoms. The normalized spacial score (nSPS) is 18.5. The fourth-order valence-corrected chi connectivity index (χ4v) is 4.10. The minimum absolute atomic E-state index is 0.0226. The number of primary amides is 1. The molecule has 1 heterocycles. The number of nitrogens with two attached hydrogens (primary N) is 2. The summed E-state index contributed by atoms with van der Waals surface area (Å²) in [5, 5.41) is 24.2. The van der Waals surface area contributed by atoms with Gasteiger partial charge in [-0.05, 0) is 36.5 Å². The van der Waals surface area contributed by atoms with E-state index in [1.165, 1.54) is 17.0 Å². The van der Waals surface area contributed by atoms with E-state index in [0.717, 1.165) is 0 Å². The van der Waals surface area contributed by atoms with Crippen LogP contribution in [0.25, 0.3) is 0 Å². The number of amides is 4. The molecule has 1 aromatic rings. The molecule has 1 aliphatic heterocycles. The van der Waals surface area contributed by atoms with Crippen molar-refractivity contribution in [1.29, 1.82) is 0 Å². The van der Waals surface area contributed by atoms with E-state index >= 15 is 0 Å². The summed E-state index contributed by atoms with van der Waals surface area (Å²) in [7, 11) is 0. The van der Waals surface area contributed by atoms with Gasteiger partial charge in [0.2, 0.25) is 23.6 Å². The fraction of sp³-hybridized carbons (Fsp3) is 0.542. The molecular weight excluding hydrogens is 470 g/mol. The zero-order valence-electron chi connectivity index (χ0n) is 20.5. The van der Waals surface area contributed by atoms with Crippen molar-refractivity contribution in [3.63, 3.8) is 0 Å². The highest BCUT2D eigenvalue weighted by Crippen LogP contribution is 2.20. The maximum absolute atomic E-state index is 13.1. The van der Waals surface area contributed by atoms with Gasteiger partial charge in [0.15, 0.2) is 0 Å². The number of phenolic OH excluding ortho intramolecular Hbond substituents is 1. The molecular formula is C24H35N5O7. The summed E-state index contributed by atoms with van der Waals surface area (Å²) in [5.41, 5.74) is 11.5. The van der Waals surface area contributed by atoms with Crippen molar-refractivity contribution in [2.45, 2.75) is 70.1 Å². The molecule has 198 valence electrons. The Morgan fingerprint density at radius 1 is 1.14 bits per heavy atom. The van der Waals surface area contributed by atoms with Gasteiger partial charge in [-0.3, -0.25) is 19.2 Å². The summed E-state index contributed by atoms with van der Waals surface area (Å²) >= 11 is 0. The Morgan fingerprint density at radius 3 is 2.33 bits per heavy atom. The second kappa shape index (κ2) is 12.9. The molecule has 0 spiro atoms. The quantitative estimate of drug-likeness (QED) is 0.212. The van der Waals surface area contributed by atoms with Crippen LogP contribution in [0.5, 0.6) is 5.75 Å². The van der Waals surface area contributed by atoms with Crippen molar-refractivity contribution in [3.05, 3.63) is 29.8 Å². The number of hydrogen-bond donors (Lipinski definition) is 6. The van der Waals surface area contributed by atoms with Crippen LogP contribution in [0.15, 0.2) is 24.3 Å². The summed E-state index contributed by atoms with van der Waals surface area (Å²) in [6.07, 6.45) is 1.05. The van der Waals surface area contributed by atoms with Crippen LogP contribution in [0.3, 0.4) is 0 Å². The average Bonchev–Trinajstić information content (AvgIpc) is 3.31. The van der Waals surface area contributed by atoms with Crippen molar-refractivity contribution >= 4 is 29.6 Å². The largest absolute Gasteiger partial charge is 0.508 e. The number of carboxylic acid groups (broad SMARTS) is 1. The van der Waals surface area contributed by atoms with E-state index in [4.69, 9.17) is 11.5 Å². The molecule has 1 aliphatic rings. The Balaban J connectivity index is 2.13. The molecule has 12 heteroatoms. The van der Waals surface area contributed by atoms with Gasteiger partial charge < -0.3 is 37.2 Å². The maximum atomic E-state index is 13.1. The predicted octanol–water partition coefficient (Wildman–Crippen LogP) is -0.771. The van der Waals surface area contributed by atoms with E-state index in [1.54, 1.807) is 19.1 Å². The molecule has 0 aromatic heterocycles. The number of carboxylic acids is 1. The first-order chi connectivity index (χ1) is 16.9. The lowest BCUT2D eigenvalue weighted by Crippen LogP contribution is -2.58. The topological polar surface area (TPSA) is 205 Å². The molecule has 4 amide bonds. The van der Waals surface area contributed by atoms with Crippen LogP contribution in [0.4, 0.5) is 0 Å². The van der Waals surface area contributed by atoms with E-state index in [9.17, 15) is 34.2 Å². The number of nitrogens with one attached hydrogen (secondary N) is 2. The first kappa shape index (κ1) is 28.6. The third kappa shape index (κ3) is 7.67.